The number of carboxylic acids is 1. The van der Waals surface area contributed by atoms with Crippen molar-refractivity contribution in [3.05, 3.63) is 0 Å². The van der Waals surface area contributed by atoms with Crippen LogP contribution in [0, 0.1) is 5.92 Å². The summed E-state index contributed by atoms with van der Waals surface area (Å²) in [5.74, 6) is 0.0416. The number of carbonyl (C=O) groups is 1. The van der Waals surface area contributed by atoms with Crippen molar-refractivity contribution < 1.29 is 9.90 Å². The summed E-state index contributed by atoms with van der Waals surface area (Å²) in [6.45, 7) is 7.41. The second-order valence-corrected chi connectivity index (χ2v) is 4.32. The molecule has 1 atom stereocenters. The molecule has 0 rings (SSSR count). The smallest absolute Gasteiger partial charge is 0.303 e. The quantitative estimate of drug-likeness (QED) is 0.592. The van der Waals surface area contributed by atoms with Gasteiger partial charge in [-0.2, -0.15) is 0 Å². The highest BCUT2D eigenvalue weighted by molar-refractivity contribution is 5.66. The molecule has 0 radical (unpaired) electrons. The second-order valence-electron chi connectivity index (χ2n) is 4.32. The first kappa shape index (κ1) is 13.4. The number of hydrogen-bond acceptors (Lipinski definition) is 2. The predicted molar refractivity (Wildman–Crippen MR) is 58.4 cm³/mol. The van der Waals surface area contributed by atoms with Crippen molar-refractivity contribution >= 4 is 5.97 Å². The Labute approximate surface area is 86.9 Å². The van der Waals surface area contributed by atoms with Gasteiger partial charge < -0.3 is 10.4 Å². The van der Waals surface area contributed by atoms with E-state index in [4.69, 9.17) is 5.11 Å². The molecule has 0 fully saturated rings. The fraction of sp³-hybridized carbons (Fsp3) is 0.909. The van der Waals surface area contributed by atoms with E-state index in [1.165, 1.54) is 12.8 Å². The van der Waals surface area contributed by atoms with E-state index >= 15 is 0 Å². The highest BCUT2D eigenvalue weighted by Gasteiger charge is 2.03. The van der Waals surface area contributed by atoms with Crippen molar-refractivity contribution in [1.82, 2.24) is 5.32 Å². The maximum atomic E-state index is 10.2. The minimum absolute atomic E-state index is 0.268. The van der Waals surface area contributed by atoms with Crippen molar-refractivity contribution in [3.63, 3.8) is 0 Å². The highest BCUT2D eigenvalue weighted by Crippen LogP contribution is 2.06. The molecular weight excluding hydrogens is 178 g/mol. The number of hydrogen-bond donors (Lipinski definition) is 2. The molecule has 0 aromatic carbocycles. The fourth-order valence-corrected chi connectivity index (χ4v) is 1.27. The van der Waals surface area contributed by atoms with Crippen LogP contribution in [0.3, 0.4) is 0 Å². The first-order valence-corrected chi connectivity index (χ1v) is 5.47. The first-order chi connectivity index (χ1) is 6.52. The lowest BCUT2D eigenvalue weighted by atomic mass is 10.0. The van der Waals surface area contributed by atoms with Gasteiger partial charge in [0, 0.05) is 12.5 Å². The van der Waals surface area contributed by atoms with Crippen LogP contribution in [0.4, 0.5) is 0 Å². The van der Waals surface area contributed by atoms with Gasteiger partial charge in [-0.05, 0) is 38.6 Å². The van der Waals surface area contributed by atoms with Crippen LogP contribution >= 0.6 is 0 Å². The van der Waals surface area contributed by atoms with Crippen LogP contribution in [0.2, 0.25) is 0 Å². The molecule has 1 unspecified atom stereocenters. The van der Waals surface area contributed by atoms with Crippen molar-refractivity contribution in [1.29, 1.82) is 0 Å². The first-order valence-electron chi connectivity index (χ1n) is 5.47. The van der Waals surface area contributed by atoms with Gasteiger partial charge in [-0.3, -0.25) is 4.79 Å². The molecule has 0 aromatic rings. The maximum Gasteiger partial charge on any atom is 0.303 e. The van der Waals surface area contributed by atoms with Gasteiger partial charge in [-0.15, -0.1) is 0 Å². The van der Waals surface area contributed by atoms with Gasteiger partial charge in [0.15, 0.2) is 0 Å². The van der Waals surface area contributed by atoms with Gasteiger partial charge in [0.2, 0.25) is 0 Å². The number of aliphatic carboxylic acids is 1. The summed E-state index contributed by atoms with van der Waals surface area (Å²) in [7, 11) is 0. The summed E-state index contributed by atoms with van der Waals surface area (Å²) < 4.78 is 0. The van der Waals surface area contributed by atoms with Crippen LogP contribution in [-0.2, 0) is 4.79 Å². The van der Waals surface area contributed by atoms with Crippen LogP contribution in [0.25, 0.3) is 0 Å². The van der Waals surface area contributed by atoms with E-state index in [-0.39, 0.29) is 6.42 Å². The van der Waals surface area contributed by atoms with Crippen molar-refractivity contribution in [2.45, 2.75) is 52.5 Å². The summed E-state index contributed by atoms with van der Waals surface area (Å²) in [4.78, 5) is 10.2. The third kappa shape index (κ3) is 9.52. The average molecular weight is 201 g/mol. The summed E-state index contributed by atoms with van der Waals surface area (Å²) in [5, 5.41) is 11.8. The van der Waals surface area contributed by atoms with Gasteiger partial charge in [0.1, 0.15) is 0 Å². The Morgan fingerprint density at radius 2 is 1.93 bits per heavy atom. The molecule has 14 heavy (non-hydrogen) atoms. The Hall–Kier alpha value is -0.570. The molecule has 0 aliphatic rings. The lowest BCUT2D eigenvalue weighted by molar-refractivity contribution is -0.137. The van der Waals surface area contributed by atoms with Gasteiger partial charge >= 0.3 is 5.97 Å². The van der Waals surface area contributed by atoms with Crippen LogP contribution in [0.15, 0.2) is 0 Å². The minimum atomic E-state index is -0.707. The Balaban J connectivity index is 3.26. The van der Waals surface area contributed by atoms with Crippen molar-refractivity contribution in [2.24, 2.45) is 5.92 Å². The zero-order valence-electron chi connectivity index (χ0n) is 9.55. The molecule has 0 bridgehead atoms. The van der Waals surface area contributed by atoms with Crippen LogP contribution < -0.4 is 5.32 Å². The Bertz CT molecular complexity index is 157. The second kappa shape index (κ2) is 7.80. The van der Waals surface area contributed by atoms with E-state index in [1.807, 2.05) is 0 Å². The van der Waals surface area contributed by atoms with Gasteiger partial charge in [0.05, 0.1) is 0 Å². The number of rotatable bonds is 8. The topological polar surface area (TPSA) is 49.3 Å². The van der Waals surface area contributed by atoms with Crippen LogP contribution in [0.1, 0.15) is 46.5 Å². The maximum absolute atomic E-state index is 10.2. The summed E-state index contributed by atoms with van der Waals surface area (Å²) in [6, 6.07) is 0.506. The van der Waals surface area contributed by atoms with Crippen LogP contribution in [-0.4, -0.2) is 23.7 Å². The SMILES string of the molecule is CC(C)CCC(C)NCCCC(=O)O. The van der Waals surface area contributed by atoms with Gasteiger partial charge in [-0.25, -0.2) is 0 Å². The molecule has 0 spiro atoms. The van der Waals surface area contributed by atoms with Gasteiger partial charge in [-0.1, -0.05) is 13.8 Å². The molecule has 0 saturated heterocycles. The van der Waals surface area contributed by atoms with E-state index in [1.54, 1.807) is 0 Å². The highest BCUT2D eigenvalue weighted by atomic mass is 16.4. The van der Waals surface area contributed by atoms with Crippen molar-refractivity contribution in [2.75, 3.05) is 6.54 Å². The molecule has 3 nitrogen and oxygen atoms in total. The fourth-order valence-electron chi connectivity index (χ4n) is 1.27. The third-order valence-electron chi connectivity index (χ3n) is 2.24. The van der Waals surface area contributed by atoms with Gasteiger partial charge in [0.25, 0.3) is 0 Å². The molecular formula is C11H23NO2. The lowest BCUT2D eigenvalue weighted by Crippen LogP contribution is -2.27. The molecule has 84 valence electrons. The largest absolute Gasteiger partial charge is 0.481 e. The monoisotopic (exact) mass is 201 g/mol. The predicted octanol–water partition coefficient (Wildman–Crippen LogP) is 2.27. The minimum Gasteiger partial charge on any atom is -0.481 e. The Morgan fingerprint density at radius 3 is 2.43 bits per heavy atom. The van der Waals surface area contributed by atoms with E-state index < -0.39 is 5.97 Å². The molecule has 0 amide bonds. The molecule has 0 aliphatic carbocycles. The summed E-state index contributed by atoms with van der Waals surface area (Å²) in [6.07, 6.45) is 3.39. The summed E-state index contributed by atoms with van der Waals surface area (Å²) in [5.41, 5.74) is 0. The number of carboxylic acid groups (broad SMARTS) is 1. The number of nitrogens with one attached hydrogen (secondary N) is 1. The normalized spacial score (nSPS) is 13.1. The van der Waals surface area contributed by atoms with E-state index in [0.29, 0.717) is 6.04 Å². The van der Waals surface area contributed by atoms with E-state index in [0.717, 1.165) is 18.9 Å². The standard InChI is InChI=1S/C11H23NO2/c1-9(2)6-7-10(3)12-8-4-5-11(13)14/h9-10,12H,4-8H2,1-3H3,(H,13,14). The molecule has 0 heterocycles. The van der Waals surface area contributed by atoms with E-state index in [9.17, 15) is 4.79 Å². The van der Waals surface area contributed by atoms with Crippen molar-refractivity contribution in [3.8, 4) is 0 Å². The Morgan fingerprint density at radius 1 is 1.29 bits per heavy atom. The molecule has 3 heteroatoms. The summed E-state index contributed by atoms with van der Waals surface area (Å²) >= 11 is 0. The third-order valence-corrected chi connectivity index (χ3v) is 2.24. The zero-order chi connectivity index (χ0) is 11.0. The zero-order valence-corrected chi connectivity index (χ0v) is 9.55. The lowest BCUT2D eigenvalue weighted by Gasteiger charge is -2.14. The Kier molecular flexibility index (Phi) is 7.48. The molecule has 2 N–H and O–H groups in total. The molecule has 0 aromatic heterocycles. The van der Waals surface area contributed by atoms with E-state index in [2.05, 4.69) is 26.1 Å². The molecule has 0 saturated carbocycles. The average Bonchev–Trinajstić information content (AvgIpc) is 2.08. The molecule has 0 aliphatic heterocycles. The van der Waals surface area contributed by atoms with Crippen LogP contribution in [0.5, 0.6) is 0 Å².